The molecule has 0 aromatic carbocycles. The first-order valence-electron chi connectivity index (χ1n) is 6.21. The molecule has 0 aliphatic carbocycles. The van der Waals surface area contributed by atoms with Crippen LogP contribution in [-0.2, 0) is 18.4 Å². The van der Waals surface area contributed by atoms with E-state index in [4.69, 9.17) is 0 Å². The van der Waals surface area contributed by atoms with Crippen LogP contribution in [0.1, 0.15) is 37.7 Å². The van der Waals surface area contributed by atoms with E-state index in [1.807, 2.05) is 46.3 Å². The quantitative estimate of drug-likeness (QED) is 0.842. The summed E-state index contributed by atoms with van der Waals surface area (Å²) in [6, 6.07) is 0. The van der Waals surface area contributed by atoms with Gasteiger partial charge in [-0.25, -0.2) is 0 Å². The maximum absolute atomic E-state index is 11.7. The summed E-state index contributed by atoms with van der Waals surface area (Å²) in [4.78, 5) is 11.7. The van der Waals surface area contributed by atoms with E-state index in [0.29, 0.717) is 13.1 Å². The van der Waals surface area contributed by atoms with Crippen LogP contribution in [0, 0.1) is 13.8 Å². The zero-order valence-electron chi connectivity index (χ0n) is 12.2. The molecule has 1 rings (SSSR count). The van der Waals surface area contributed by atoms with Gasteiger partial charge in [0, 0.05) is 30.4 Å². The van der Waals surface area contributed by atoms with E-state index in [1.54, 1.807) is 0 Å². The minimum Gasteiger partial charge on any atom is -0.351 e. The van der Waals surface area contributed by atoms with E-state index in [0.717, 1.165) is 17.0 Å². The molecule has 0 aliphatic heterocycles. The van der Waals surface area contributed by atoms with Gasteiger partial charge in [0.25, 0.3) is 0 Å². The molecule has 102 valence electrons. The van der Waals surface area contributed by atoms with Crippen LogP contribution < -0.4 is 10.6 Å². The molecule has 1 amide bonds. The third-order valence-electron chi connectivity index (χ3n) is 2.90. The Hall–Kier alpha value is -1.36. The summed E-state index contributed by atoms with van der Waals surface area (Å²) in [6.45, 7) is 11.0. The second kappa shape index (κ2) is 5.52. The molecule has 0 saturated carbocycles. The Kier molecular flexibility index (Phi) is 4.51. The molecule has 0 bridgehead atoms. The average Bonchev–Trinajstić information content (AvgIpc) is 2.47. The highest BCUT2D eigenvalue weighted by Gasteiger charge is 2.13. The van der Waals surface area contributed by atoms with Crippen molar-refractivity contribution in [3.8, 4) is 0 Å². The van der Waals surface area contributed by atoms with Crippen molar-refractivity contribution in [2.75, 3.05) is 6.54 Å². The molecule has 1 aromatic rings. The third-order valence-corrected chi connectivity index (χ3v) is 2.90. The normalized spacial score (nSPS) is 11.7. The molecular formula is C13H24N4O. The van der Waals surface area contributed by atoms with Crippen molar-refractivity contribution in [3.63, 3.8) is 0 Å². The monoisotopic (exact) mass is 252 g/mol. The van der Waals surface area contributed by atoms with Crippen molar-refractivity contribution in [2.24, 2.45) is 7.05 Å². The van der Waals surface area contributed by atoms with Gasteiger partial charge in [0.15, 0.2) is 0 Å². The predicted octanol–water partition coefficient (Wildman–Crippen LogP) is 1.04. The van der Waals surface area contributed by atoms with Crippen molar-refractivity contribution in [2.45, 2.75) is 46.7 Å². The molecule has 0 saturated heterocycles. The number of aryl methyl sites for hydroxylation is 2. The highest BCUT2D eigenvalue weighted by Crippen LogP contribution is 2.10. The summed E-state index contributed by atoms with van der Waals surface area (Å²) in [5, 5.41) is 10.4. The van der Waals surface area contributed by atoms with Gasteiger partial charge in [-0.3, -0.25) is 9.48 Å². The van der Waals surface area contributed by atoms with E-state index in [9.17, 15) is 4.79 Å². The van der Waals surface area contributed by atoms with Crippen molar-refractivity contribution in [1.29, 1.82) is 0 Å². The Bertz CT molecular complexity index is 429. The first-order chi connectivity index (χ1) is 8.20. The molecule has 0 radical (unpaired) electrons. The van der Waals surface area contributed by atoms with Gasteiger partial charge in [0.1, 0.15) is 0 Å². The van der Waals surface area contributed by atoms with Crippen LogP contribution in [0.15, 0.2) is 0 Å². The molecule has 0 spiro atoms. The number of hydrogen-bond acceptors (Lipinski definition) is 3. The number of nitrogens with one attached hydrogen (secondary N) is 2. The minimum absolute atomic E-state index is 0.00702. The zero-order chi connectivity index (χ0) is 13.9. The van der Waals surface area contributed by atoms with Crippen LogP contribution in [0.25, 0.3) is 0 Å². The third kappa shape index (κ3) is 4.14. The fourth-order valence-corrected chi connectivity index (χ4v) is 1.67. The minimum atomic E-state index is -0.0442. The summed E-state index contributed by atoms with van der Waals surface area (Å²) in [5.41, 5.74) is 3.12. The topological polar surface area (TPSA) is 59.0 Å². The molecule has 5 heteroatoms. The molecule has 5 nitrogen and oxygen atoms in total. The number of aromatic nitrogens is 2. The highest BCUT2D eigenvalue weighted by molar-refractivity contribution is 5.78. The molecule has 1 heterocycles. The Labute approximate surface area is 109 Å². The summed E-state index contributed by atoms with van der Waals surface area (Å²) in [6.07, 6.45) is 0. The standard InChI is InChI=1S/C13H24N4O/c1-9-11(10(2)17(6)16-9)7-14-12(18)8-15-13(3,4)5/h15H,7-8H2,1-6H3,(H,14,18). The number of rotatable bonds is 4. The van der Waals surface area contributed by atoms with Crippen LogP contribution in [0.2, 0.25) is 0 Å². The maximum Gasteiger partial charge on any atom is 0.234 e. The smallest absolute Gasteiger partial charge is 0.234 e. The number of nitrogens with zero attached hydrogens (tertiary/aromatic N) is 2. The van der Waals surface area contributed by atoms with Crippen molar-refractivity contribution < 1.29 is 4.79 Å². The van der Waals surface area contributed by atoms with Crippen LogP contribution in [0.4, 0.5) is 0 Å². The summed E-state index contributed by atoms with van der Waals surface area (Å²) in [7, 11) is 1.91. The van der Waals surface area contributed by atoms with Gasteiger partial charge in [0.2, 0.25) is 5.91 Å². The number of carbonyl (C=O) groups is 1. The lowest BCUT2D eigenvalue weighted by Crippen LogP contribution is -2.43. The Balaban J connectivity index is 2.48. The SMILES string of the molecule is Cc1nn(C)c(C)c1CNC(=O)CNC(C)(C)C. The molecule has 0 unspecified atom stereocenters. The Morgan fingerprint density at radius 2 is 1.94 bits per heavy atom. The van der Waals surface area contributed by atoms with E-state index in [-0.39, 0.29) is 11.4 Å². The lowest BCUT2D eigenvalue weighted by Gasteiger charge is -2.20. The van der Waals surface area contributed by atoms with Crippen molar-refractivity contribution in [3.05, 3.63) is 17.0 Å². The number of carbonyl (C=O) groups excluding carboxylic acids is 1. The fraction of sp³-hybridized carbons (Fsp3) is 0.692. The van der Waals surface area contributed by atoms with Crippen molar-refractivity contribution in [1.82, 2.24) is 20.4 Å². The van der Waals surface area contributed by atoms with Crippen LogP contribution in [0.3, 0.4) is 0 Å². The van der Waals surface area contributed by atoms with E-state index >= 15 is 0 Å². The van der Waals surface area contributed by atoms with Gasteiger partial charge >= 0.3 is 0 Å². The Morgan fingerprint density at radius 1 is 1.33 bits per heavy atom. The second-order valence-electron chi connectivity index (χ2n) is 5.65. The Morgan fingerprint density at radius 3 is 2.39 bits per heavy atom. The number of hydrogen-bond donors (Lipinski definition) is 2. The highest BCUT2D eigenvalue weighted by atomic mass is 16.1. The van der Waals surface area contributed by atoms with E-state index in [1.165, 1.54) is 0 Å². The summed E-state index contributed by atoms with van der Waals surface area (Å²) in [5.74, 6) is 0.00702. The second-order valence-corrected chi connectivity index (χ2v) is 5.65. The summed E-state index contributed by atoms with van der Waals surface area (Å²) >= 11 is 0. The van der Waals surface area contributed by atoms with E-state index < -0.39 is 0 Å². The largest absolute Gasteiger partial charge is 0.351 e. The molecule has 0 fully saturated rings. The van der Waals surface area contributed by atoms with Gasteiger partial charge < -0.3 is 10.6 Å². The fourth-order valence-electron chi connectivity index (χ4n) is 1.67. The molecule has 2 N–H and O–H groups in total. The molecule has 0 aliphatic rings. The van der Waals surface area contributed by atoms with Gasteiger partial charge in [-0.15, -0.1) is 0 Å². The first kappa shape index (κ1) is 14.7. The molecular weight excluding hydrogens is 228 g/mol. The zero-order valence-corrected chi connectivity index (χ0v) is 12.2. The van der Waals surface area contributed by atoms with Crippen LogP contribution >= 0.6 is 0 Å². The predicted molar refractivity (Wildman–Crippen MR) is 72.3 cm³/mol. The summed E-state index contributed by atoms with van der Waals surface area (Å²) < 4.78 is 1.84. The van der Waals surface area contributed by atoms with Gasteiger partial charge in [-0.05, 0) is 34.6 Å². The molecule has 18 heavy (non-hydrogen) atoms. The lowest BCUT2D eigenvalue weighted by atomic mass is 10.1. The van der Waals surface area contributed by atoms with Gasteiger partial charge in [-0.2, -0.15) is 5.10 Å². The van der Waals surface area contributed by atoms with Gasteiger partial charge in [0.05, 0.1) is 12.2 Å². The maximum atomic E-state index is 11.7. The van der Waals surface area contributed by atoms with E-state index in [2.05, 4.69) is 15.7 Å². The van der Waals surface area contributed by atoms with Crippen molar-refractivity contribution >= 4 is 5.91 Å². The molecule has 0 atom stereocenters. The van der Waals surface area contributed by atoms with Crippen LogP contribution in [-0.4, -0.2) is 27.8 Å². The lowest BCUT2D eigenvalue weighted by molar-refractivity contribution is -0.120. The average molecular weight is 252 g/mol. The first-order valence-corrected chi connectivity index (χ1v) is 6.21. The molecule has 1 aromatic heterocycles. The number of amides is 1. The van der Waals surface area contributed by atoms with Gasteiger partial charge in [-0.1, -0.05) is 0 Å². The van der Waals surface area contributed by atoms with Crippen LogP contribution in [0.5, 0.6) is 0 Å².